The van der Waals surface area contributed by atoms with E-state index in [0.29, 0.717) is 6.61 Å². The van der Waals surface area contributed by atoms with E-state index in [1.807, 2.05) is 26.0 Å². The highest BCUT2D eigenvalue weighted by Crippen LogP contribution is 2.25. The molecule has 0 saturated heterocycles. The van der Waals surface area contributed by atoms with Gasteiger partial charge in [-0.15, -0.1) is 0 Å². The zero-order chi connectivity index (χ0) is 14.3. The summed E-state index contributed by atoms with van der Waals surface area (Å²) in [6, 6.07) is 8.29. The van der Waals surface area contributed by atoms with E-state index < -0.39 is 0 Å². The highest BCUT2D eigenvalue weighted by Gasteiger charge is 2.13. The fourth-order valence-corrected chi connectivity index (χ4v) is 1.92. The van der Waals surface area contributed by atoms with Gasteiger partial charge in [-0.25, -0.2) is 0 Å². The molecule has 0 bridgehead atoms. The van der Waals surface area contributed by atoms with Gasteiger partial charge in [-0.1, -0.05) is 19.1 Å². The fraction of sp³-hybridized carbons (Fsp3) is 0.625. The summed E-state index contributed by atoms with van der Waals surface area (Å²) in [6.45, 7) is 8.91. The lowest BCUT2D eigenvalue weighted by atomic mass is 10.0. The van der Waals surface area contributed by atoms with Crippen LogP contribution in [-0.4, -0.2) is 18.8 Å². The van der Waals surface area contributed by atoms with Crippen LogP contribution in [0.1, 0.15) is 52.2 Å². The third-order valence-electron chi connectivity index (χ3n) is 3.12. The van der Waals surface area contributed by atoms with Crippen LogP contribution in [0.25, 0.3) is 0 Å². The lowest BCUT2D eigenvalue weighted by molar-refractivity contribution is 0.0524. The predicted octanol–water partition coefficient (Wildman–Crippen LogP) is 3.68. The molecule has 0 spiro atoms. The minimum Gasteiger partial charge on any atom is -0.491 e. The lowest BCUT2D eigenvalue weighted by Crippen LogP contribution is -2.20. The Morgan fingerprint density at radius 1 is 1.11 bits per heavy atom. The molecule has 0 radical (unpaired) electrons. The molecule has 0 fully saturated rings. The van der Waals surface area contributed by atoms with Gasteiger partial charge < -0.3 is 15.2 Å². The Labute approximate surface area is 117 Å². The van der Waals surface area contributed by atoms with Crippen molar-refractivity contribution in [2.45, 2.75) is 58.8 Å². The van der Waals surface area contributed by atoms with E-state index in [9.17, 15) is 0 Å². The van der Waals surface area contributed by atoms with Gasteiger partial charge in [0, 0.05) is 12.6 Å². The van der Waals surface area contributed by atoms with Gasteiger partial charge in [0.05, 0.1) is 12.2 Å². The summed E-state index contributed by atoms with van der Waals surface area (Å²) in [5.74, 6) is 0.911. The van der Waals surface area contributed by atoms with E-state index in [0.717, 1.165) is 24.2 Å². The van der Waals surface area contributed by atoms with Crippen molar-refractivity contribution in [1.29, 1.82) is 0 Å². The summed E-state index contributed by atoms with van der Waals surface area (Å²) in [5, 5.41) is 0. The molecular formula is C16H27NO2. The van der Waals surface area contributed by atoms with E-state index in [-0.39, 0.29) is 18.2 Å². The molecule has 19 heavy (non-hydrogen) atoms. The largest absolute Gasteiger partial charge is 0.491 e. The van der Waals surface area contributed by atoms with Gasteiger partial charge >= 0.3 is 0 Å². The highest BCUT2D eigenvalue weighted by atomic mass is 16.5. The zero-order valence-electron chi connectivity index (χ0n) is 12.6. The van der Waals surface area contributed by atoms with Gasteiger partial charge in [0.1, 0.15) is 5.75 Å². The van der Waals surface area contributed by atoms with Gasteiger partial charge in [-0.3, -0.25) is 0 Å². The Balaban J connectivity index is 2.71. The number of benzene rings is 1. The normalized spacial score (nSPS) is 15.8. The summed E-state index contributed by atoms with van der Waals surface area (Å²) < 4.78 is 11.5. The van der Waals surface area contributed by atoms with Gasteiger partial charge in [0.15, 0.2) is 0 Å². The zero-order valence-corrected chi connectivity index (χ0v) is 12.6. The highest BCUT2D eigenvalue weighted by molar-refractivity contribution is 5.29. The van der Waals surface area contributed by atoms with E-state index >= 15 is 0 Å². The molecule has 0 aromatic heterocycles. The summed E-state index contributed by atoms with van der Waals surface area (Å²) in [6.07, 6.45) is 2.16. The van der Waals surface area contributed by atoms with E-state index in [4.69, 9.17) is 15.2 Å². The monoisotopic (exact) mass is 265 g/mol. The molecule has 0 aliphatic heterocycles. The van der Waals surface area contributed by atoms with Gasteiger partial charge in [-0.2, -0.15) is 0 Å². The first kappa shape index (κ1) is 16.0. The van der Waals surface area contributed by atoms with Crippen molar-refractivity contribution in [3.05, 3.63) is 29.8 Å². The maximum atomic E-state index is 5.87. The molecule has 1 rings (SSSR count). The lowest BCUT2D eigenvalue weighted by Gasteiger charge is -2.20. The van der Waals surface area contributed by atoms with Crippen LogP contribution < -0.4 is 10.5 Å². The molecule has 0 aliphatic carbocycles. The maximum Gasteiger partial charge on any atom is 0.119 e. The van der Waals surface area contributed by atoms with Crippen molar-refractivity contribution in [3.63, 3.8) is 0 Å². The molecule has 3 nitrogen and oxygen atoms in total. The van der Waals surface area contributed by atoms with E-state index in [2.05, 4.69) is 26.0 Å². The molecule has 1 aromatic rings. The van der Waals surface area contributed by atoms with Gasteiger partial charge in [0.2, 0.25) is 0 Å². The second kappa shape index (κ2) is 8.18. The molecule has 0 aliphatic rings. The molecular weight excluding hydrogens is 238 g/mol. The first-order valence-electron chi connectivity index (χ1n) is 7.20. The number of ether oxygens (including phenoxy) is 2. The van der Waals surface area contributed by atoms with Crippen molar-refractivity contribution >= 4 is 0 Å². The minimum atomic E-state index is 0.0719. The molecule has 3 heteroatoms. The smallest absolute Gasteiger partial charge is 0.119 e. The van der Waals surface area contributed by atoms with Crippen LogP contribution in [0.2, 0.25) is 0 Å². The second-order valence-corrected chi connectivity index (χ2v) is 5.06. The summed E-state index contributed by atoms with van der Waals surface area (Å²) in [4.78, 5) is 0. The number of nitrogens with two attached hydrogens (primary N) is 1. The molecule has 108 valence electrons. The first-order valence-corrected chi connectivity index (χ1v) is 7.20. The Morgan fingerprint density at radius 2 is 1.74 bits per heavy atom. The van der Waals surface area contributed by atoms with Gasteiger partial charge in [0.25, 0.3) is 0 Å². The number of hydrogen-bond donors (Lipinski definition) is 1. The van der Waals surface area contributed by atoms with Crippen LogP contribution in [0.5, 0.6) is 5.75 Å². The topological polar surface area (TPSA) is 44.5 Å². The van der Waals surface area contributed by atoms with Crippen LogP contribution in [-0.2, 0) is 4.74 Å². The third kappa shape index (κ3) is 5.62. The molecule has 0 amide bonds. The summed E-state index contributed by atoms with van der Waals surface area (Å²) in [5.41, 5.74) is 7.03. The SMILES string of the molecule is CCOC(CC(C)N)c1ccc(OC(C)CC)cc1. The molecule has 3 atom stereocenters. The van der Waals surface area contributed by atoms with Crippen molar-refractivity contribution in [2.75, 3.05) is 6.61 Å². The molecule has 0 heterocycles. The Bertz CT molecular complexity index is 348. The fourth-order valence-electron chi connectivity index (χ4n) is 1.92. The molecule has 2 N–H and O–H groups in total. The van der Waals surface area contributed by atoms with Crippen LogP contribution in [0.4, 0.5) is 0 Å². The quantitative estimate of drug-likeness (QED) is 0.780. The Hall–Kier alpha value is -1.06. The first-order chi connectivity index (χ1) is 9.06. The second-order valence-electron chi connectivity index (χ2n) is 5.06. The molecule has 3 unspecified atom stereocenters. The number of hydrogen-bond acceptors (Lipinski definition) is 3. The van der Waals surface area contributed by atoms with E-state index in [1.54, 1.807) is 0 Å². The average Bonchev–Trinajstić information content (AvgIpc) is 2.38. The van der Waals surface area contributed by atoms with Crippen LogP contribution >= 0.6 is 0 Å². The van der Waals surface area contributed by atoms with Crippen LogP contribution in [0.3, 0.4) is 0 Å². The maximum absolute atomic E-state index is 5.87. The number of rotatable bonds is 8. The van der Waals surface area contributed by atoms with Crippen molar-refractivity contribution in [1.82, 2.24) is 0 Å². The third-order valence-corrected chi connectivity index (χ3v) is 3.12. The van der Waals surface area contributed by atoms with Crippen LogP contribution in [0, 0.1) is 0 Å². The predicted molar refractivity (Wildman–Crippen MR) is 79.5 cm³/mol. The van der Waals surface area contributed by atoms with Crippen molar-refractivity contribution in [3.8, 4) is 5.75 Å². The molecule has 0 saturated carbocycles. The Morgan fingerprint density at radius 3 is 2.21 bits per heavy atom. The van der Waals surface area contributed by atoms with Crippen molar-refractivity contribution in [2.24, 2.45) is 5.73 Å². The standard InChI is InChI=1S/C16H27NO2/c1-5-13(4)19-15-9-7-14(8-10-15)16(18-6-2)11-12(3)17/h7-10,12-13,16H,5-6,11,17H2,1-4H3. The van der Waals surface area contributed by atoms with Crippen LogP contribution in [0.15, 0.2) is 24.3 Å². The molecule has 1 aromatic carbocycles. The average molecular weight is 265 g/mol. The van der Waals surface area contributed by atoms with E-state index in [1.165, 1.54) is 0 Å². The summed E-state index contributed by atoms with van der Waals surface area (Å²) in [7, 11) is 0. The van der Waals surface area contributed by atoms with Gasteiger partial charge in [-0.05, 0) is 51.3 Å². The Kier molecular flexibility index (Phi) is 6.89. The summed E-state index contributed by atoms with van der Waals surface area (Å²) >= 11 is 0. The van der Waals surface area contributed by atoms with Crippen molar-refractivity contribution < 1.29 is 9.47 Å². The minimum absolute atomic E-state index is 0.0719.